The fourth-order valence-electron chi connectivity index (χ4n) is 2.50. The van der Waals surface area contributed by atoms with Crippen LogP contribution in [0.4, 0.5) is 0 Å². The van der Waals surface area contributed by atoms with E-state index < -0.39 is 0 Å². The summed E-state index contributed by atoms with van der Waals surface area (Å²) in [5.74, 6) is 0.670. The predicted molar refractivity (Wildman–Crippen MR) is 68.7 cm³/mol. The lowest BCUT2D eigenvalue weighted by Gasteiger charge is -2.25. The highest BCUT2D eigenvalue weighted by Crippen LogP contribution is 2.51. The molecular weight excluding hydrogens is 258 g/mol. The maximum Gasteiger partial charge on any atom is 0.206 e. The number of ether oxygens (including phenoxy) is 1. The highest BCUT2D eigenvalue weighted by atomic mass is 35.5. The van der Waals surface area contributed by atoms with Crippen LogP contribution in [-0.2, 0) is 9.54 Å². The second kappa shape index (κ2) is 3.90. The number of nitrogens with one attached hydrogen (secondary N) is 1. The van der Waals surface area contributed by atoms with Crippen LogP contribution in [0.1, 0.15) is 12.0 Å². The van der Waals surface area contributed by atoms with E-state index in [-0.39, 0.29) is 15.9 Å². The van der Waals surface area contributed by atoms with Crippen molar-refractivity contribution in [2.75, 3.05) is 13.7 Å². The topological polar surface area (TPSA) is 38.3 Å². The van der Waals surface area contributed by atoms with E-state index in [1.54, 1.807) is 7.11 Å². The largest absolute Gasteiger partial charge is 0.495 e. The first-order valence-corrected chi connectivity index (χ1v) is 6.64. The van der Waals surface area contributed by atoms with E-state index in [1.165, 1.54) is 11.8 Å². The number of benzene rings is 1. The summed E-state index contributed by atoms with van der Waals surface area (Å²) in [7, 11) is 1.60. The smallest absolute Gasteiger partial charge is 0.206 e. The van der Waals surface area contributed by atoms with E-state index in [2.05, 4.69) is 5.32 Å². The molecule has 3 rings (SSSR count). The Hall–Kier alpha value is -0.710. The number of hydrogen-bond acceptors (Lipinski definition) is 4. The Bertz CT molecular complexity index is 493. The molecule has 0 spiro atoms. The molecule has 2 saturated heterocycles. The second-order valence-corrected chi connectivity index (χ2v) is 6.20. The van der Waals surface area contributed by atoms with Crippen molar-refractivity contribution in [3.05, 3.63) is 28.8 Å². The van der Waals surface area contributed by atoms with Crippen LogP contribution in [0.3, 0.4) is 0 Å². The molecule has 0 saturated carbocycles. The highest BCUT2D eigenvalue weighted by Gasteiger charge is 2.52. The molecule has 2 aliphatic heterocycles. The molecule has 0 aliphatic carbocycles. The van der Waals surface area contributed by atoms with E-state index >= 15 is 0 Å². The predicted octanol–water partition coefficient (Wildman–Crippen LogP) is 2.18. The van der Waals surface area contributed by atoms with Crippen LogP contribution in [0.2, 0.25) is 5.02 Å². The van der Waals surface area contributed by atoms with Gasteiger partial charge in [-0.2, -0.15) is 0 Å². The van der Waals surface area contributed by atoms with Crippen LogP contribution < -0.4 is 10.1 Å². The molecule has 0 aromatic heterocycles. The highest BCUT2D eigenvalue weighted by molar-refractivity contribution is 8.15. The summed E-state index contributed by atoms with van der Waals surface area (Å²) in [6.45, 7) is 0.830. The molecule has 3 nitrogen and oxygen atoms in total. The van der Waals surface area contributed by atoms with Gasteiger partial charge in [0.25, 0.3) is 0 Å². The van der Waals surface area contributed by atoms with Gasteiger partial charge < -0.3 is 10.1 Å². The van der Waals surface area contributed by atoms with Gasteiger partial charge in [-0.1, -0.05) is 29.4 Å². The molecule has 1 N–H and O–H groups in total. The van der Waals surface area contributed by atoms with Crippen molar-refractivity contribution in [3.63, 3.8) is 0 Å². The number of halogens is 1. The van der Waals surface area contributed by atoms with Crippen molar-refractivity contribution in [1.82, 2.24) is 5.32 Å². The fraction of sp³-hybridized carbons (Fsp3) is 0.417. The van der Waals surface area contributed by atoms with Gasteiger partial charge in [-0.15, -0.1) is 0 Å². The quantitative estimate of drug-likeness (QED) is 0.893. The van der Waals surface area contributed by atoms with Crippen LogP contribution in [0.25, 0.3) is 0 Å². The number of fused-ring (bicyclic) bond motifs is 2. The standard InChI is InChI=1S/C12H12ClNO2S/c1-16-10-3-2-7(4-8(10)13)12-5-9(14-6-12)11(15)17-12/h2-4,9,14H,5-6H2,1H3. The molecule has 5 heteroatoms. The van der Waals surface area contributed by atoms with Gasteiger partial charge in [-0.3, -0.25) is 4.79 Å². The first-order valence-electron chi connectivity index (χ1n) is 5.45. The third-order valence-corrected chi connectivity index (χ3v) is 5.14. The molecule has 2 aliphatic rings. The SMILES string of the molecule is COc1ccc(C23CNC(C2)C(=O)S3)cc1Cl. The third kappa shape index (κ3) is 1.66. The Labute approximate surface area is 109 Å². The van der Waals surface area contributed by atoms with E-state index in [0.717, 1.165) is 18.5 Å². The maximum atomic E-state index is 11.7. The summed E-state index contributed by atoms with van der Waals surface area (Å²) in [5.41, 5.74) is 1.11. The zero-order valence-electron chi connectivity index (χ0n) is 9.33. The molecule has 2 unspecified atom stereocenters. The maximum absolute atomic E-state index is 11.7. The minimum absolute atomic E-state index is 0.0147. The van der Waals surface area contributed by atoms with Crippen molar-refractivity contribution in [3.8, 4) is 5.75 Å². The Morgan fingerprint density at radius 3 is 2.94 bits per heavy atom. The monoisotopic (exact) mass is 269 g/mol. The van der Waals surface area contributed by atoms with Gasteiger partial charge in [0.15, 0.2) is 0 Å². The van der Waals surface area contributed by atoms with Crippen LogP contribution in [0.15, 0.2) is 18.2 Å². The van der Waals surface area contributed by atoms with Crippen molar-refractivity contribution >= 4 is 28.5 Å². The molecule has 17 heavy (non-hydrogen) atoms. The van der Waals surface area contributed by atoms with Crippen LogP contribution in [-0.4, -0.2) is 24.8 Å². The average Bonchev–Trinajstić information content (AvgIpc) is 2.87. The number of rotatable bonds is 2. The first-order chi connectivity index (χ1) is 8.14. The van der Waals surface area contributed by atoms with E-state index in [1.807, 2.05) is 18.2 Å². The molecule has 1 aromatic carbocycles. The van der Waals surface area contributed by atoms with Crippen LogP contribution in [0.5, 0.6) is 5.75 Å². The average molecular weight is 270 g/mol. The minimum atomic E-state index is -0.127. The summed E-state index contributed by atoms with van der Waals surface area (Å²) in [5, 5.41) is 4.09. The van der Waals surface area contributed by atoms with Crippen LogP contribution in [0, 0.1) is 0 Å². The van der Waals surface area contributed by atoms with Crippen molar-refractivity contribution in [1.29, 1.82) is 0 Å². The van der Waals surface area contributed by atoms with E-state index in [0.29, 0.717) is 10.8 Å². The van der Waals surface area contributed by atoms with Crippen molar-refractivity contribution in [2.45, 2.75) is 17.2 Å². The summed E-state index contributed by atoms with van der Waals surface area (Å²) >= 11 is 7.57. The summed E-state index contributed by atoms with van der Waals surface area (Å²) in [4.78, 5) is 11.7. The lowest BCUT2D eigenvalue weighted by molar-refractivity contribution is -0.112. The molecule has 2 bridgehead atoms. The van der Waals surface area contributed by atoms with Crippen molar-refractivity contribution in [2.24, 2.45) is 0 Å². The van der Waals surface area contributed by atoms with Gasteiger partial charge in [0.1, 0.15) is 5.75 Å². The van der Waals surface area contributed by atoms with Gasteiger partial charge in [0.05, 0.1) is 22.9 Å². The molecule has 2 heterocycles. The van der Waals surface area contributed by atoms with Gasteiger partial charge in [0.2, 0.25) is 5.12 Å². The third-order valence-electron chi connectivity index (χ3n) is 3.43. The molecular formula is C12H12ClNO2S. The normalized spacial score (nSPS) is 30.9. The number of methoxy groups -OCH3 is 1. The molecule has 2 atom stereocenters. The first kappa shape index (κ1) is 11.4. The van der Waals surface area contributed by atoms with E-state index in [4.69, 9.17) is 16.3 Å². The zero-order valence-corrected chi connectivity index (χ0v) is 10.9. The number of thioether (sulfide) groups is 1. The Balaban J connectivity index is 2.00. The zero-order chi connectivity index (χ0) is 12.0. The van der Waals surface area contributed by atoms with Gasteiger partial charge in [-0.05, 0) is 24.1 Å². The Morgan fingerprint density at radius 2 is 2.41 bits per heavy atom. The minimum Gasteiger partial charge on any atom is -0.495 e. The Kier molecular flexibility index (Phi) is 2.61. The summed E-state index contributed by atoms with van der Waals surface area (Å²) < 4.78 is 5.01. The van der Waals surface area contributed by atoms with Gasteiger partial charge >= 0.3 is 0 Å². The molecule has 2 fully saturated rings. The molecule has 0 radical (unpaired) electrons. The van der Waals surface area contributed by atoms with E-state index in [9.17, 15) is 4.79 Å². The number of hydrogen-bond donors (Lipinski definition) is 1. The number of carbonyl (C=O) groups is 1. The lowest BCUT2D eigenvalue weighted by atomic mass is 9.96. The van der Waals surface area contributed by atoms with Gasteiger partial charge in [-0.25, -0.2) is 0 Å². The van der Waals surface area contributed by atoms with Crippen LogP contribution >= 0.6 is 23.4 Å². The molecule has 1 aromatic rings. The molecule has 0 amide bonds. The molecule has 90 valence electrons. The van der Waals surface area contributed by atoms with Crippen molar-refractivity contribution < 1.29 is 9.53 Å². The van der Waals surface area contributed by atoms with Gasteiger partial charge in [0, 0.05) is 6.54 Å². The lowest BCUT2D eigenvalue weighted by Crippen LogP contribution is -2.34. The fourth-order valence-corrected chi connectivity index (χ4v) is 4.10. The summed E-state index contributed by atoms with van der Waals surface area (Å²) in [6, 6.07) is 5.79. The number of carbonyl (C=O) groups excluding carboxylic acids is 1. The second-order valence-electron chi connectivity index (χ2n) is 4.40. The Morgan fingerprint density at radius 1 is 1.59 bits per heavy atom. The summed E-state index contributed by atoms with van der Waals surface area (Å²) in [6.07, 6.45) is 0.860.